The Morgan fingerprint density at radius 3 is 2.78 bits per heavy atom. The number of esters is 1. The molecule has 3 aromatic rings. The lowest BCUT2D eigenvalue weighted by Gasteiger charge is -2.27. The van der Waals surface area contributed by atoms with E-state index in [4.69, 9.17) is 47.7 Å². The van der Waals surface area contributed by atoms with Gasteiger partial charge in [-0.2, -0.15) is 0 Å². The first-order valence-corrected chi connectivity index (χ1v) is 14.4. The van der Waals surface area contributed by atoms with Gasteiger partial charge in [-0.05, 0) is 44.7 Å². The molecule has 3 N–H and O–H groups in total. The predicted octanol–water partition coefficient (Wildman–Crippen LogP) is 3.85. The van der Waals surface area contributed by atoms with E-state index in [1.165, 1.54) is 17.2 Å². The molecule has 11 nitrogen and oxygen atoms in total. The number of rotatable bonds is 10. The summed E-state index contributed by atoms with van der Waals surface area (Å²) in [4.78, 5) is 24.5. The first-order valence-electron chi connectivity index (χ1n) is 11.4. The number of nitrogens with two attached hydrogens (primary N) is 1. The summed E-state index contributed by atoms with van der Waals surface area (Å²) in [6.07, 6.45) is -0.00467. The number of alkyl halides is 2. The molecular weight excluding hydrogens is 546 g/mol. The van der Waals surface area contributed by atoms with E-state index in [2.05, 4.69) is 20.0 Å². The lowest BCUT2D eigenvalue weighted by atomic mass is 10.2. The van der Waals surface area contributed by atoms with Crippen molar-refractivity contribution in [3.63, 3.8) is 0 Å². The monoisotopic (exact) mass is 572 g/mol. The van der Waals surface area contributed by atoms with Crippen molar-refractivity contribution in [1.82, 2.24) is 24.6 Å². The Bertz CT molecular complexity index is 1300. The van der Waals surface area contributed by atoms with Crippen LogP contribution >= 0.6 is 18.2 Å². The maximum Gasteiger partial charge on any atom is 0.323 e. The lowest BCUT2D eigenvalue weighted by molar-refractivity contribution is -0.149. The Morgan fingerprint density at radius 1 is 1.35 bits per heavy atom. The summed E-state index contributed by atoms with van der Waals surface area (Å²) < 4.78 is 39.9. The quantitative estimate of drug-likeness (QED) is 0.208. The van der Waals surface area contributed by atoms with Crippen molar-refractivity contribution >= 4 is 53.0 Å². The predicted molar refractivity (Wildman–Crippen MR) is 139 cm³/mol. The van der Waals surface area contributed by atoms with Crippen LogP contribution in [0, 0.1) is 0 Å². The van der Waals surface area contributed by atoms with Crippen molar-refractivity contribution in [2.75, 3.05) is 12.3 Å². The Kier molecular flexibility index (Phi) is 8.32. The summed E-state index contributed by atoms with van der Waals surface area (Å²) in [5.41, 5.74) is 6.41. The van der Waals surface area contributed by atoms with E-state index in [-0.39, 0.29) is 30.6 Å². The largest absolute Gasteiger partial charge is 0.462 e. The van der Waals surface area contributed by atoms with Gasteiger partial charge in [0.2, 0.25) is 5.13 Å². The number of para-hydroxylation sites is 1. The molecule has 4 rings (SSSR count). The van der Waals surface area contributed by atoms with Crippen LogP contribution in [0.15, 0.2) is 43.0 Å². The third kappa shape index (κ3) is 6.54. The number of aromatic nitrogens is 4. The van der Waals surface area contributed by atoms with Crippen molar-refractivity contribution in [3.8, 4) is 5.75 Å². The Morgan fingerprint density at radius 2 is 2.08 bits per heavy atom. The fourth-order valence-electron chi connectivity index (χ4n) is 3.66. The molecular formula is C22H27ClFN6O5PS. The molecule has 200 valence electrons. The number of imidazole rings is 1. The molecule has 1 fully saturated rings. The van der Waals surface area contributed by atoms with Crippen LogP contribution in [-0.2, 0) is 30.6 Å². The smallest absolute Gasteiger partial charge is 0.323 e. The standard InChI is InChI=1S/C22H27ClFN6O5PS/c1-13(2)33-20(31)14(3)29-36(37,35-15-7-5-4-6-8-15)32-10-16-9-22(23,24)21(34-16)30-12-28-17-18(25)26-11-27-19(17)30/h4-8,11-14,16,21H,9-10H2,1-3H3,(H,29,37)(H2,25,26,27). The zero-order valence-electron chi connectivity index (χ0n) is 20.3. The average Bonchev–Trinajstić information content (AvgIpc) is 3.38. The topological polar surface area (TPSA) is 136 Å². The van der Waals surface area contributed by atoms with Crippen molar-refractivity contribution < 1.29 is 27.7 Å². The molecule has 15 heteroatoms. The Balaban J connectivity index is 1.50. The third-order valence-electron chi connectivity index (χ3n) is 5.28. The van der Waals surface area contributed by atoms with Gasteiger partial charge in [0.1, 0.15) is 23.6 Å². The second kappa shape index (κ2) is 11.1. The molecule has 5 atom stereocenters. The van der Waals surface area contributed by atoms with E-state index < -0.39 is 36.1 Å². The molecule has 0 amide bonds. The number of hydrogen-bond donors (Lipinski definition) is 2. The number of benzene rings is 1. The first kappa shape index (κ1) is 27.6. The fourth-order valence-corrected chi connectivity index (χ4v) is 6.42. The summed E-state index contributed by atoms with van der Waals surface area (Å²) in [6.45, 7) is 1.57. The van der Waals surface area contributed by atoms with Crippen molar-refractivity contribution in [3.05, 3.63) is 43.0 Å². The molecule has 0 spiro atoms. The molecule has 1 saturated heterocycles. The molecule has 37 heavy (non-hydrogen) atoms. The number of carbonyl (C=O) groups excluding carboxylic acids is 1. The fraction of sp³-hybridized carbons (Fsp3) is 0.455. The van der Waals surface area contributed by atoms with Gasteiger partial charge in [-0.25, -0.2) is 24.4 Å². The van der Waals surface area contributed by atoms with Gasteiger partial charge in [0.15, 0.2) is 17.7 Å². The highest BCUT2D eigenvalue weighted by Crippen LogP contribution is 2.49. The summed E-state index contributed by atoms with van der Waals surface area (Å²) >= 11 is 11.9. The second-order valence-electron chi connectivity index (χ2n) is 8.69. The van der Waals surface area contributed by atoms with E-state index >= 15 is 4.39 Å². The molecule has 5 unspecified atom stereocenters. The average molecular weight is 573 g/mol. The van der Waals surface area contributed by atoms with Gasteiger partial charge in [-0.3, -0.25) is 9.36 Å². The van der Waals surface area contributed by atoms with E-state index in [0.29, 0.717) is 11.3 Å². The minimum atomic E-state index is -3.33. The zero-order valence-corrected chi connectivity index (χ0v) is 22.8. The Hall–Kier alpha value is -2.41. The van der Waals surface area contributed by atoms with Gasteiger partial charge in [0.05, 0.1) is 25.1 Å². The number of ether oxygens (including phenoxy) is 2. The van der Waals surface area contributed by atoms with Gasteiger partial charge >= 0.3 is 12.6 Å². The van der Waals surface area contributed by atoms with Crippen molar-refractivity contribution in [2.24, 2.45) is 0 Å². The lowest BCUT2D eigenvalue weighted by Crippen LogP contribution is -2.36. The molecule has 0 saturated carbocycles. The van der Waals surface area contributed by atoms with Crippen LogP contribution in [0.1, 0.15) is 33.4 Å². The van der Waals surface area contributed by atoms with Crippen LogP contribution in [0.25, 0.3) is 11.2 Å². The van der Waals surface area contributed by atoms with E-state index in [0.717, 1.165) is 0 Å². The molecule has 2 aromatic heterocycles. The van der Waals surface area contributed by atoms with E-state index in [9.17, 15) is 4.79 Å². The SMILES string of the molecule is CC(C)OC(=O)C(C)NP(=S)(OCC1CC(F)(Cl)C(n2cnc3c(N)ncnc32)O1)Oc1ccccc1. The number of anilines is 1. The van der Waals surface area contributed by atoms with Gasteiger partial charge < -0.3 is 24.3 Å². The number of nitrogens with one attached hydrogen (secondary N) is 1. The molecule has 3 heterocycles. The molecule has 0 bridgehead atoms. The van der Waals surface area contributed by atoms with Crippen molar-refractivity contribution in [1.29, 1.82) is 0 Å². The van der Waals surface area contributed by atoms with Crippen LogP contribution in [-0.4, -0.2) is 55.5 Å². The van der Waals surface area contributed by atoms with Crippen LogP contribution in [0.4, 0.5) is 10.2 Å². The summed E-state index contributed by atoms with van der Waals surface area (Å²) in [5, 5.41) is 0.640. The number of hydrogen-bond acceptors (Lipinski definition) is 10. The summed E-state index contributed by atoms with van der Waals surface area (Å²) in [5.74, 6) is 0.0707. The highest BCUT2D eigenvalue weighted by atomic mass is 35.5. The number of fused-ring (bicyclic) bond motifs is 1. The van der Waals surface area contributed by atoms with Crippen LogP contribution in [0.5, 0.6) is 5.75 Å². The maximum atomic E-state index is 15.5. The van der Waals surface area contributed by atoms with Crippen LogP contribution < -0.4 is 15.3 Å². The van der Waals surface area contributed by atoms with Gasteiger partial charge in [-0.15, -0.1) is 0 Å². The summed E-state index contributed by atoms with van der Waals surface area (Å²) in [7, 11) is 0. The third-order valence-corrected chi connectivity index (χ3v) is 8.12. The minimum Gasteiger partial charge on any atom is -0.462 e. The summed E-state index contributed by atoms with van der Waals surface area (Å²) in [6, 6.07) is 7.94. The van der Waals surface area contributed by atoms with Gasteiger partial charge in [-0.1, -0.05) is 29.8 Å². The molecule has 1 aromatic carbocycles. The highest BCUT2D eigenvalue weighted by Gasteiger charge is 2.50. The number of halogens is 2. The number of nitrogen functional groups attached to an aromatic ring is 1. The highest BCUT2D eigenvalue weighted by molar-refractivity contribution is 8.09. The molecule has 0 radical (unpaired) electrons. The first-order chi connectivity index (χ1) is 17.5. The van der Waals surface area contributed by atoms with Crippen LogP contribution in [0.3, 0.4) is 0 Å². The van der Waals surface area contributed by atoms with Crippen molar-refractivity contribution in [2.45, 2.75) is 56.8 Å². The zero-order chi connectivity index (χ0) is 26.8. The normalized spacial score (nSPS) is 24.2. The van der Waals surface area contributed by atoms with E-state index in [1.807, 2.05) is 6.07 Å². The maximum absolute atomic E-state index is 15.5. The van der Waals surface area contributed by atoms with Gasteiger partial charge in [0.25, 0.3) is 0 Å². The molecule has 1 aliphatic rings. The second-order valence-corrected chi connectivity index (χ2v) is 12.5. The molecule has 1 aliphatic heterocycles. The number of nitrogens with zero attached hydrogens (tertiary/aromatic N) is 4. The molecule has 0 aliphatic carbocycles. The van der Waals surface area contributed by atoms with Crippen LogP contribution in [0.2, 0.25) is 0 Å². The van der Waals surface area contributed by atoms with Gasteiger partial charge in [0, 0.05) is 6.42 Å². The number of carbonyl (C=O) groups is 1. The Labute approximate surface area is 223 Å². The minimum absolute atomic E-state index is 0.149. The van der Waals surface area contributed by atoms with E-state index in [1.54, 1.807) is 45.0 Å².